The number of nitrogens with zero attached hydrogens (tertiary/aromatic N) is 4. The van der Waals surface area contributed by atoms with E-state index in [1.54, 1.807) is 50.4 Å². The number of benzene rings is 1. The Labute approximate surface area is 259 Å². The quantitative estimate of drug-likeness (QED) is 0.347. The molecule has 2 aromatic heterocycles. The number of ether oxygens (including phenoxy) is 2. The highest BCUT2D eigenvalue weighted by atomic mass is 16.6. The summed E-state index contributed by atoms with van der Waals surface area (Å²) in [6.07, 6.45) is 2.09. The van der Waals surface area contributed by atoms with Crippen molar-refractivity contribution in [2.45, 2.75) is 98.2 Å². The van der Waals surface area contributed by atoms with Gasteiger partial charge in [-0.25, -0.2) is 9.78 Å². The van der Waals surface area contributed by atoms with Crippen molar-refractivity contribution in [1.29, 1.82) is 0 Å². The Morgan fingerprint density at radius 3 is 2.55 bits per heavy atom. The highest BCUT2D eigenvalue weighted by molar-refractivity contribution is 5.81. The fourth-order valence-corrected chi connectivity index (χ4v) is 5.63. The number of piperidine rings is 1. The van der Waals surface area contributed by atoms with E-state index >= 15 is 0 Å². The van der Waals surface area contributed by atoms with Gasteiger partial charge in [0.05, 0.1) is 23.2 Å². The van der Waals surface area contributed by atoms with Gasteiger partial charge < -0.3 is 28.6 Å². The second-order valence-corrected chi connectivity index (χ2v) is 13.2. The molecule has 1 aliphatic rings. The maximum atomic E-state index is 12.9. The fraction of sp³-hybridized carbons (Fsp3) is 0.576. The van der Waals surface area contributed by atoms with Crippen LogP contribution in [0.2, 0.25) is 0 Å². The summed E-state index contributed by atoms with van der Waals surface area (Å²) in [6, 6.07) is 6.92. The number of amides is 1. The number of aryl methyl sites for hydroxylation is 2. The van der Waals surface area contributed by atoms with Gasteiger partial charge in [-0.2, -0.15) is 0 Å². The second-order valence-electron chi connectivity index (χ2n) is 13.2. The summed E-state index contributed by atoms with van der Waals surface area (Å²) in [7, 11) is 1.73. The molecule has 4 rings (SSSR count). The number of esters is 1. The average Bonchev–Trinajstić information content (AvgIpc) is 3.27. The fourth-order valence-electron chi connectivity index (χ4n) is 5.63. The molecular weight excluding hydrogens is 562 g/mol. The first kappa shape index (κ1) is 33.2. The van der Waals surface area contributed by atoms with E-state index in [2.05, 4.69) is 9.88 Å². The molecule has 2 N–H and O–H groups in total. The molecule has 44 heavy (non-hydrogen) atoms. The number of imidazole rings is 1. The number of hydrogen-bond acceptors (Lipinski definition) is 8. The number of carbonyl (C=O) groups excluding carboxylic acids is 2. The van der Waals surface area contributed by atoms with Crippen molar-refractivity contribution in [3.63, 3.8) is 0 Å². The van der Waals surface area contributed by atoms with E-state index in [1.807, 2.05) is 45.0 Å². The van der Waals surface area contributed by atoms with Crippen LogP contribution >= 0.6 is 0 Å². The van der Waals surface area contributed by atoms with Crippen LogP contribution in [-0.2, 0) is 34.4 Å². The Bertz CT molecular complexity index is 1520. The van der Waals surface area contributed by atoms with Crippen molar-refractivity contribution in [2.24, 2.45) is 13.0 Å². The van der Waals surface area contributed by atoms with Gasteiger partial charge in [-0.15, -0.1) is 0 Å². The molecule has 3 heterocycles. The SMILES string of the molecule is Cc1cc(-c2nc3ccc(CN[C@H](C(=O)OC(C)C)[C@@H](C)O)cc3n2C[C@H]2CCCN(C(=O)OC(C)(C)C)C2)cn(C)c1=O. The third-order valence-electron chi connectivity index (χ3n) is 7.66. The van der Waals surface area contributed by atoms with Gasteiger partial charge >= 0.3 is 12.1 Å². The molecule has 0 saturated carbocycles. The second kappa shape index (κ2) is 13.5. The van der Waals surface area contributed by atoms with Gasteiger partial charge in [0.25, 0.3) is 5.56 Å². The lowest BCUT2D eigenvalue weighted by Gasteiger charge is -2.34. The molecule has 1 fully saturated rings. The minimum atomic E-state index is -0.936. The average molecular weight is 610 g/mol. The van der Waals surface area contributed by atoms with Crippen LogP contribution in [0.1, 0.15) is 65.5 Å². The molecule has 1 aliphatic heterocycles. The topological polar surface area (TPSA) is 128 Å². The zero-order valence-corrected chi connectivity index (χ0v) is 27.2. The lowest BCUT2D eigenvalue weighted by molar-refractivity contribution is -0.152. The van der Waals surface area contributed by atoms with Crippen molar-refractivity contribution >= 4 is 23.1 Å². The Morgan fingerprint density at radius 1 is 1.18 bits per heavy atom. The third-order valence-corrected chi connectivity index (χ3v) is 7.66. The molecular formula is C33H47N5O6. The van der Waals surface area contributed by atoms with Crippen LogP contribution in [0, 0.1) is 12.8 Å². The molecule has 3 atom stereocenters. The van der Waals surface area contributed by atoms with Crippen molar-refractivity contribution in [3.05, 3.63) is 51.9 Å². The van der Waals surface area contributed by atoms with Gasteiger partial charge in [-0.05, 0) is 91.0 Å². The molecule has 1 amide bonds. The first-order chi connectivity index (χ1) is 20.6. The van der Waals surface area contributed by atoms with Crippen LogP contribution < -0.4 is 10.9 Å². The lowest BCUT2D eigenvalue weighted by Crippen LogP contribution is -2.46. The van der Waals surface area contributed by atoms with Crippen LogP contribution in [-0.4, -0.2) is 73.1 Å². The standard InChI is InChI=1S/C33H47N5O6/c1-20(2)43-31(41)28(22(4)39)34-16-23-11-12-26-27(15-23)38(29(35-26)25-14-21(3)30(40)36(8)19-25)18-24-10-9-13-37(17-24)32(42)44-33(5,6)7/h11-12,14-15,19-20,22,24,28,34,39H,9-10,13,16-18H2,1-8H3/t22-,24+,28+/m1/s1. The number of rotatable bonds is 9. The Balaban J connectivity index is 1.69. The first-order valence-corrected chi connectivity index (χ1v) is 15.4. The number of fused-ring (bicyclic) bond motifs is 1. The van der Waals surface area contributed by atoms with E-state index in [0.717, 1.165) is 40.8 Å². The van der Waals surface area contributed by atoms with E-state index in [4.69, 9.17) is 14.5 Å². The predicted molar refractivity (Wildman–Crippen MR) is 169 cm³/mol. The maximum Gasteiger partial charge on any atom is 0.410 e. The number of carbonyl (C=O) groups is 2. The van der Waals surface area contributed by atoms with Gasteiger partial charge in [-0.1, -0.05) is 6.07 Å². The van der Waals surface area contributed by atoms with E-state index in [-0.39, 0.29) is 23.7 Å². The smallest absolute Gasteiger partial charge is 0.410 e. The summed E-state index contributed by atoms with van der Waals surface area (Å²) >= 11 is 0. The minimum absolute atomic E-state index is 0.0614. The highest BCUT2D eigenvalue weighted by Crippen LogP contribution is 2.29. The number of nitrogens with one attached hydrogen (secondary N) is 1. The molecule has 1 aromatic carbocycles. The predicted octanol–water partition coefficient (Wildman–Crippen LogP) is 4.15. The molecule has 240 valence electrons. The largest absolute Gasteiger partial charge is 0.462 e. The van der Waals surface area contributed by atoms with Crippen LogP contribution in [0.4, 0.5) is 4.79 Å². The number of aliphatic hydroxyl groups is 1. The number of hydrogen-bond donors (Lipinski definition) is 2. The monoisotopic (exact) mass is 609 g/mol. The number of pyridine rings is 1. The van der Waals surface area contributed by atoms with Crippen LogP contribution in [0.5, 0.6) is 0 Å². The van der Waals surface area contributed by atoms with Gasteiger partial charge in [0.2, 0.25) is 0 Å². The third kappa shape index (κ3) is 8.06. The molecule has 0 radical (unpaired) electrons. The molecule has 0 aliphatic carbocycles. The number of likely N-dealkylation sites (tertiary alicyclic amines) is 1. The first-order valence-electron chi connectivity index (χ1n) is 15.4. The lowest BCUT2D eigenvalue weighted by atomic mass is 9.98. The molecule has 0 unspecified atom stereocenters. The highest BCUT2D eigenvalue weighted by Gasteiger charge is 2.29. The summed E-state index contributed by atoms with van der Waals surface area (Å²) in [6.45, 7) is 14.7. The van der Waals surface area contributed by atoms with Gasteiger partial charge in [0.15, 0.2) is 0 Å². The maximum absolute atomic E-state index is 12.9. The van der Waals surface area contributed by atoms with Crippen LogP contribution in [0.15, 0.2) is 35.3 Å². The van der Waals surface area contributed by atoms with Crippen LogP contribution in [0.3, 0.4) is 0 Å². The molecule has 11 nitrogen and oxygen atoms in total. The molecule has 11 heteroatoms. The Kier molecular flexibility index (Phi) is 10.2. The Morgan fingerprint density at radius 2 is 1.91 bits per heavy atom. The van der Waals surface area contributed by atoms with Crippen molar-refractivity contribution < 1.29 is 24.2 Å². The minimum Gasteiger partial charge on any atom is -0.462 e. The van der Waals surface area contributed by atoms with Gasteiger partial charge in [0.1, 0.15) is 17.5 Å². The molecule has 1 saturated heterocycles. The van der Waals surface area contributed by atoms with Crippen molar-refractivity contribution in [1.82, 2.24) is 24.3 Å². The molecule has 0 bridgehead atoms. The van der Waals surface area contributed by atoms with E-state index < -0.39 is 23.7 Å². The summed E-state index contributed by atoms with van der Waals surface area (Å²) < 4.78 is 14.7. The Hall–Kier alpha value is -3.70. The summed E-state index contributed by atoms with van der Waals surface area (Å²) in [4.78, 5) is 44.7. The summed E-state index contributed by atoms with van der Waals surface area (Å²) in [5, 5.41) is 13.4. The summed E-state index contributed by atoms with van der Waals surface area (Å²) in [5.41, 5.74) is 3.42. The molecule has 0 spiro atoms. The van der Waals surface area contributed by atoms with E-state index in [1.165, 1.54) is 0 Å². The van der Waals surface area contributed by atoms with E-state index in [0.29, 0.717) is 31.7 Å². The normalized spacial score (nSPS) is 17.1. The number of aromatic nitrogens is 3. The van der Waals surface area contributed by atoms with Gasteiger partial charge in [0, 0.05) is 50.6 Å². The van der Waals surface area contributed by atoms with Crippen molar-refractivity contribution in [3.8, 4) is 11.4 Å². The van der Waals surface area contributed by atoms with Crippen LogP contribution in [0.25, 0.3) is 22.4 Å². The zero-order valence-electron chi connectivity index (χ0n) is 27.2. The molecule has 3 aromatic rings. The zero-order chi connectivity index (χ0) is 32.3. The van der Waals surface area contributed by atoms with Crippen molar-refractivity contribution in [2.75, 3.05) is 13.1 Å². The van der Waals surface area contributed by atoms with E-state index in [9.17, 15) is 19.5 Å². The summed E-state index contributed by atoms with van der Waals surface area (Å²) in [5.74, 6) is 0.397. The number of aliphatic hydroxyl groups excluding tert-OH is 1. The van der Waals surface area contributed by atoms with Gasteiger partial charge in [-0.3, -0.25) is 14.9 Å².